The van der Waals surface area contributed by atoms with Crippen LogP contribution < -0.4 is 10.5 Å². The Hall–Kier alpha value is -3.88. The van der Waals surface area contributed by atoms with E-state index in [-0.39, 0.29) is 12.3 Å². The van der Waals surface area contributed by atoms with Crippen LogP contribution >= 0.6 is 11.6 Å². The van der Waals surface area contributed by atoms with Crippen molar-refractivity contribution >= 4 is 28.3 Å². The number of aromatic nitrogens is 5. The van der Waals surface area contributed by atoms with Crippen LogP contribution in [0.15, 0.2) is 72.2 Å². The van der Waals surface area contributed by atoms with Crippen molar-refractivity contribution in [3.8, 4) is 17.1 Å². The molecule has 0 aliphatic rings. The molecule has 172 valence electrons. The summed E-state index contributed by atoms with van der Waals surface area (Å²) < 4.78 is 1.91. The maximum absolute atomic E-state index is 12.9. The zero-order chi connectivity index (χ0) is 23.7. The quantitative estimate of drug-likeness (QED) is 0.309. The van der Waals surface area contributed by atoms with E-state index in [4.69, 9.17) is 16.6 Å². The van der Waals surface area contributed by atoms with Crippen LogP contribution in [-0.2, 0) is 6.42 Å². The fourth-order valence-electron chi connectivity index (χ4n) is 4.14. The van der Waals surface area contributed by atoms with Crippen LogP contribution in [0.25, 0.3) is 28.1 Å². The SMILES string of the molecule is Cc1cc(-n2ccnc2)cc2[nH]c(-c3c(N(CO)CCc4ccccc4Cl)cc[nH]c3=O)nc12. The zero-order valence-corrected chi connectivity index (χ0v) is 19.3. The van der Waals surface area contributed by atoms with Gasteiger partial charge in [0.2, 0.25) is 0 Å². The Bertz CT molecular complexity index is 1510. The molecule has 0 aliphatic carbocycles. The van der Waals surface area contributed by atoms with E-state index < -0.39 is 0 Å². The topological polar surface area (TPSA) is 103 Å². The number of hydrogen-bond donors (Lipinski definition) is 3. The Kier molecular flexibility index (Phi) is 5.91. The van der Waals surface area contributed by atoms with Gasteiger partial charge in [-0.2, -0.15) is 0 Å². The Morgan fingerprint density at radius 2 is 2.06 bits per heavy atom. The number of H-pyrrole nitrogens is 2. The predicted octanol–water partition coefficient (Wildman–Crippen LogP) is 4.06. The summed E-state index contributed by atoms with van der Waals surface area (Å²) >= 11 is 6.30. The van der Waals surface area contributed by atoms with Crippen molar-refractivity contribution in [3.63, 3.8) is 0 Å². The number of benzene rings is 2. The third-order valence-corrected chi connectivity index (χ3v) is 6.23. The predicted molar refractivity (Wildman–Crippen MR) is 134 cm³/mol. The van der Waals surface area contributed by atoms with Gasteiger partial charge in [-0.15, -0.1) is 0 Å². The minimum absolute atomic E-state index is 0.259. The van der Waals surface area contributed by atoms with Gasteiger partial charge in [0, 0.05) is 35.8 Å². The molecule has 8 nitrogen and oxygen atoms in total. The van der Waals surface area contributed by atoms with E-state index in [0.29, 0.717) is 35.1 Å². The smallest absolute Gasteiger partial charge is 0.261 e. The second-order valence-corrected chi connectivity index (χ2v) is 8.43. The number of aryl methyl sites for hydroxylation is 1. The number of nitrogens with zero attached hydrogens (tertiary/aromatic N) is 4. The van der Waals surface area contributed by atoms with Gasteiger partial charge >= 0.3 is 0 Å². The summed E-state index contributed by atoms with van der Waals surface area (Å²) in [5, 5.41) is 10.8. The molecule has 0 saturated carbocycles. The molecule has 0 atom stereocenters. The third kappa shape index (κ3) is 4.09. The lowest BCUT2D eigenvalue weighted by atomic mass is 10.1. The van der Waals surface area contributed by atoms with Gasteiger partial charge in [0.15, 0.2) is 0 Å². The third-order valence-electron chi connectivity index (χ3n) is 5.86. The number of halogens is 1. The first-order valence-corrected chi connectivity index (χ1v) is 11.2. The summed E-state index contributed by atoms with van der Waals surface area (Å²) in [6, 6.07) is 13.4. The molecule has 5 aromatic rings. The molecule has 0 fully saturated rings. The van der Waals surface area contributed by atoms with E-state index >= 15 is 0 Å². The summed E-state index contributed by atoms with van der Waals surface area (Å²) in [5.74, 6) is 0.439. The van der Waals surface area contributed by atoms with E-state index in [1.165, 1.54) is 0 Å². The highest BCUT2D eigenvalue weighted by Crippen LogP contribution is 2.29. The van der Waals surface area contributed by atoms with Crippen LogP contribution in [0.3, 0.4) is 0 Å². The van der Waals surface area contributed by atoms with Crippen LogP contribution in [-0.4, -0.2) is 42.9 Å². The molecule has 34 heavy (non-hydrogen) atoms. The summed E-state index contributed by atoms with van der Waals surface area (Å²) in [6.07, 6.45) is 7.51. The molecular weight excluding hydrogens is 452 g/mol. The Balaban J connectivity index is 1.55. The molecule has 3 aromatic heterocycles. The summed E-state index contributed by atoms with van der Waals surface area (Å²) in [5.41, 5.74) is 5.13. The summed E-state index contributed by atoms with van der Waals surface area (Å²) in [7, 11) is 0. The average Bonchev–Trinajstić information content (AvgIpc) is 3.51. The zero-order valence-electron chi connectivity index (χ0n) is 18.5. The molecular formula is C25H23ClN6O2. The number of anilines is 1. The van der Waals surface area contributed by atoms with Crippen molar-refractivity contribution in [3.05, 3.63) is 93.9 Å². The number of nitrogens with one attached hydrogen (secondary N) is 2. The Morgan fingerprint density at radius 3 is 2.82 bits per heavy atom. The minimum Gasteiger partial charge on any atom is -0.376 e. The van der Waals surface area contributed by atoms with Gasteiger partial charge in [0.05, 0.1) is 23.0 Å². The van der Waals surface area contributed by atoms with Crippen LogP contribution in [0.2, 0.25) is 5.02 Å². The first kappa shape index (κ1) is 21.9. The molecule has 5 rings (SSSR count). The standard InChI is InChI=1S/C25H23ClN6O2/c1-16-12-18(31-11-9-27-14-31)13-20-23(16)30-24(29-20)22-21(6-8-28-25(22)34)32(15-33)10-7-17-4-2-3-5-19(17)26/h2-6,8-9,11-14,33H,7,10,15H2,1H3,(H,28,34)(H,29,30). The van der Waals surface area contributed by atoms with Crippen molar-refractivity contribution in [1.29, 1.82) is 0 Å². The van der Waals surface area contributed by atoms with Gasteiger partial charge in [0.25, 0.3) is 5.56 Å². The fourth-order valence-corrected chi connectivity index (χ4v) is 4.37. The molecule has 0 spiro atoms. The van der Waals surface area contributed by atoms with Crippen molar-refractivity contribution < 1.29 is 5.11 Å². The molecule has 3 heterocycles. The first-order valence-electron chi connectivity index (χ1n) is 10.8. The van der Waals surface area contributed by atoms with Gasteiger partial charge in [-0.25, -0.2) is 9.97 Å². The highest BCUT2D eigenvalue weighted by Gasteiger charge is 2.19. The van der Waals surface area contributed by atoms with Crippen LogP contribution in [0, 0.1) is 6.92 Å². The fraction of sp³-hybridized carbons (Fsp3) is 0.160. The maximum atomic E-state index is 12.9. The second kappa shape index (κ2) is 9.17. The lowest BCUT2D eigenvalue weighted by Crippen LogP contribution is -2.29. The van der Waals surface area contributed by atoms with Crippen LogP contribution in [0.1, 0.15) is 11.1 Å². The molecule has 0 unspecified atom stereocenters. The lowest BCUT2D eigenvalue weighted by Gasteiger charge is -2.24. The monoisotopic (exact) mass is 474 g/mol. The number of pyridine rings is 1. The van der Waals surface area contributed by atoms with Gasteiger partial charge in [-0.1, -0.05) is 29.8 Å². The highest BCUT2D eigenvalue weighted by atomic mass is 35.5. The normalized spacial score (nSPS) is 11.3. The van der Waals surface area contributed by atoms with Crippen molar-refractivity contribution in [2.75, 3.05) is 18.2 Å². The number of imidazole rings is 2. The van der Waals surface area contributed by atoms with Crippen LogP contribution in [0.4, 0.5) is 5.69 Å². The second-order valence-electron chi connectivity index (χ2n) is 8.03. The number of hydrogen-bond acceptors (Lipinski definition) is 5. The van der Waals surface area contributed by atoms with E-state index in [0.717, 1.165) is 27.8 Å². The molecule has 9 heteroatoms. The Morgan fingerprint density at radius 1 is 1.21 bits per heavy atom. The first-order chi connectivity index (χ1) is 16.5. The van der Waals surface area contributed by atoms with Crippen molar-refractivity contribution in [1.82, 2.24) is 24.5 Å². The van der Waals surface area contributed by atoms with Crippen molar-refractivity contribution in [2.24, 2.45) is 0 Å². The van der Waals surface area contributed by atoms with Gasteiger partial charge in [-0.3, -0.25) is 4.79 Å². The highest BCUT2D eigenvalue weighted by molar-refractivity contribution is 6.31. The molecule has 0 amide bonds. The van der Waals surface area contributed by atoms with Gasteiger partial charge < -0.3 is 24.5 Å². The molecule has 0 bridgehead atoms. The average molecular weight is 475 g/mol. The number of aromatic amines is 2. The molecule has 0 aliphatic heterocycles. The minimum atomic E-state index is -0.291. The maximum Gasteiger partial charge on any atom is 0.261 e. The van der Waals surface area contributed by atoms with Crippen molar-refractivity contribution in [2.45, 2.75) is 13.3 Å². The number of fused-ring (bicyclic) bond motifs is 1. The molecule has 0 saturated heterocycles. The summed E-state index contributed by atoms with van der Waals surface area (Å²) in [6.45, 7) is 2.19. The van der Waals surface area contributed by atoms with Gasteiger partial charge in [0.1, 0.15) is 18.1 Å². The molecule has 2 aromatic carbocycles. The lowest BCUT2D eigenvalue weighted by molar-refractivity contribution is 0.291. The van der Waals surface area contributed by atoms with E-state index in [2.05, 4.69) is 15.0 Å². The number of rotatable bonds is 7. The van der Waals surface area contributed by atoms with E-state index in [1.807, 2.05) is 54.1 Å². The molecule has 0 radical (unpaired) electrons. The number of aliphatic hydroxyl groups excluding tert-OH is 1. The largest absolute Gasteiger partial charge is 0.376 e. The number of aliphatic hydroxyl groups is 1. The van der Waals surface area contributed by atoms with E-state index in [9.17, 15) is 9.90 Å². The Labute approximate surface area is 200 Å². The van der Waals surface area contributed by atoms with Crippen LogP contribution in [0.5, 0.6) is 0 Å². The summed E-state index contributed by atoms with van der Waals surface area (Å²) in [4.78, 5) is 29.6. The van der Waals surface area contributed by atoms with E-state index in [1.54, 1.807) is 29.7 Å². The molecule has 3 N–H and O–H groups in total. The van der Waals surface area contributed by atoms with Gasteiger partial charge in [-0.05, 0) is 48.7 Å².